The van der Waals surface area contributed by atoms with Gasteiger partial charge in [0.25, 0.3) is 0 Å². The lowest BCUT2D eigenvalue weighted by Gasteiger charge is -2.18. The van der Waals surface area contributed by atoms with Crippen LogP contribution >= 0.6 is 0 Å². The first kappa shape index (κ1) is 14.2. The zero-order valence-electron chi connectivity index (χ0n) is 10.5. The van der Waals surface area contributed by atoms with Crippen molar-refractivity contribution in [3.8, 4) is 0 Å². The molecule has 0 heterocycles. The molecule has 5 nitrogen and oxygen atoms in total. The van der Waals surface area contributed by atoms with Crippen LogP contribution in [0.1, 0.15) is 22.8 Å². The van der Waals surface area contributed by atoms with E-state index < -0.39 is 5.97 Å². The molecule has 0 aromatic heterocycles. The van der Waals surface area contributed by atoms with Crippen LogP contribution in [0.5, 0.6) is 0 Å². The van der Waals surface area contributed by atoms with Crippen LogP contribution < -0.4 is 0 Å². The van der Waals surface area contributed by atoms with Crippen LogP contribution in [0.25, 0.3) is 0 Å². The topological polar surface area (TPSA) is 66.8 Å². The van der Waals surface area contributed by atoms with Crippen LogP contribution in [0.2, 0.25) is 0 Å². The largest absolute Gasteiger partial charge is 0.478 e. The first-order valence-electron chi connectivity index (χ1n) is 5.68. The summed E-state index contributed by atoms with van der Waals surface area (Å²) in [6.07, 6.45) is 0. The predicted octanol–water partition coefficient (Wildman–Crippen LogP) is 1.38. The van der Waals surface area contributed by atoms with Gasteiger partial charge in [0, 0.05) is 6.54 Å². The van der Waals surface area contributed by atoms with Crippen molar-refractivity contribution in [2.24, 2.45) is 0 Å². The Morgan fingerprint density at radius 2 is 1.89 bits per heavy atom. The molecule has 0 saturated carbocycles. The maximum Gasteiger partial charge on any atom is 0.335 e. The Morgan fingerprint density at radius 3 is 2.33 bits per heavy atom. The molecule has 1 aromatic carbocycles. The van der Waals surface area contributed by atoms with E-state index in [9.17, 15) is 9.59 Å². The summed E-state index contributed by atoms with van der Waals surface area (Å²) in [5, 5.41) is 8.78. The molecule has 0 bridgehead atoms. The maximum atomic E-state index is 11.2. The predicted molar refractivity (Wildman–Crippen MR) is 66.4 cm³/mol. The number of hydrogen-bond donors (Lipinski definition) is 1. The van der Waals surface area contributed by atoms with Gasteiger partial charge in [-0.05, 0) is 24.2 Å². The highest BCUT2D eigenvalue weighted by Gasteiger charge is 2.10. The van der Waals surface area contributed by atoms with E-state index in [1.54, 1.807) is 24.3 Å². The molecule has 0 aliphatic carbocycles. The lowest BCUT2D eigenvalue weighted by Crippen LogP contribution is -2.29. The van der Waals surface area contributed by atoms with Gasteiger partial charge in [-0.25, -0.2) is 4.79 Å². The molecule has 0 aliphatic rings. The number of esters is 1. The summed E-state index contributed by atoms with van der Waals surface area (Å²) >= 11 is 0. The number of nitrogens with zero attached hydrogens (tertiary/aromatic N) is 1. The zero-order chi connectivity index (χ0) is 13.5. The summed E-state index contributed by atoms with van der Waals surface area (Å²) in [4.78, 5) is 23.8. The number of hydrogen-bond acceptors (Lipinski definition) is 4. The molecule has 1 rings (SSSR count). The minimum absolute atomic E-state index is 0.230. The number of carboxylic acid groups (broad SMARTS) is 1. The summed E-state index contributed by atoms with van der Waals surface area (Å²) in [6, 6.07) is 6.63. The van der Waals surface area contributed by atoms with Gasteiger partial charge in [0.05, 0.1) is 19.2 Å². The van der Waals surface area contributed by atoms with Crippen LogP contribution in [-0.4, -0.2) is 42.1 Å². The van der Waals surface area contributed by atoms with Crippen LogP contribution in [-0.2, 0) is 16.1 Å². The molecule has 0 aliphatic heterocycles. The van der Waals surface area contributed by atoms with E-state index in [2.05, 4.69) is 4.74 Å². The number of ether oxygens (including phenoxy) is 1. The molecule has 1 N–H and O–H groups in total. The number of rotatable bonds is 6. The highest BCUT2D eigenvalue weighted by atomic mass is 16.5. The molecule has 0 amide bonds. The van der Waals surface area contributed by atoms with E-state index in [0.29, 0.717) is 6.54 Å². The van der Waals surface area contributed by atoms with Crippen LogP contribution in [0.3, 0.4) is 0 Å². The molecule has 0 saturated heterocycles. The van der Waals surface area contributed by atoms with Gasteiger partial charge in [-0.1, -0.05) is 19.1 Å². The highest BCUT2D eigenvalue weighted by molar-refractivity contribution is 5.87. The van der Waals surface area contributed by atoms with E-state index in [1.807, 2.05) is 11.8 Å². The highest BCUT2D eigenvalue weighted by Crippen LogP contribution is 2.07. The third-order valence-electron chi connectivity index (χ3n) is 2.63. The third kappa shape index (κ3) is 4.18. The summed E-state index contributed by atoms with van der Waals surface area (Å²) < 4.78 is 4.61. The molecule has 1 aromatic rings. The fourth-order valence-corrected chi connectivity index (χ4v) is 1.54. The Morgan fingerprint density at radius 1 is 1.28 bits per heavy atom. The first-order valence-corrected chi connectivity index (χ1v) is 5.68. The van der Waals surface area contributed by atoms with E-state index in [4.69, 9.17) is 5.11 Å². The van der Waals surface area contributed by atoms with Crippen molar-refractivity contribution in [1.82, 2.24) is 4.90 Å². The minimum atomic E-state index is -0.941. The molecule has 0 unspecified atom stereocenters. The van der Waals surface area contributed by atoms with Crippen molar-refractivity contribution in [2.75, 3.05) is 20.2 Å². The minimum Gasteiger partial charge on any atom is -0.478 e. The monoisotopic (exact) mass is 251 g/mol. The zero-order valence-corrected chi connectivity index (χ0v) is 10.5. The Kier molecular flexibility index (Phi) is 5.32. The van der Waals surface area contributed by atoms with Crippen molar-refractivity contribution in [1.29, 1.82) is 0 Å². The van der Waals surface area contributed by atoms with Crippen molar-refractivity contribution in [2.45, 2.75) is 13.5 Å². The third-order valence-corrected chi connectivity index (χ3v) is 2.63. The molecule has 0 spiro atoms. The van der Waals surface area contributed by atoms with E-state index in [0.717, 1.165) is 12.1 Å². The van der Waals surface area contributed by atoms with Crippen molar-refractivity contribution in [3.05, 3.63) is 35.4 Å². The Bertz CT molecular complexity index is 414. The Balaban J connectivity index is 2.64. The quantitative estimate of drug-likeness (QED) is 0.774. The van der Waals surface area contributed by atoms with Crippen molar-refractivity contribution >= 4 is 11.9 Å². The van der Waals surface area contributed by atoms with Gasteiger partial charge in [-0.3, -0.25) is 9.69 Å². The number of carboxylic acids is 1. The molecule has 0 fully saturated rings. The summed E-state index contributed by atoms with van der Waals surface area (Å²) in [5.74, 6) is -1.22. The SMILES string of the molecule is CCN(CC(=O)OC)Cc1ccc(C(=O)O)cc1. The molecule has 18 heavy (non-hydrogen) atoms. The fraction of sp³-hybridized carbons (Fsp3) is 0.385. The molecule has 5 heteroatoms. The van der Waals surface area contributed by atoms with E-state index in [-0.39, 0.29) is 18.1 Å². The number of carbonyl (C=O) groups is 2. The van der Waals surface area contributed by atoms with Gasteiger partial charge >= 0.3 is 11.9 Å². The van der Waals surface area contributed by atoms with Crippen LogP contribution in [0.4, 0.5) is 0 Å². The van der Waals surface area contributed by atoms with Crippen molar-refractivity contribution < 1.29 is 19.4 Å². The number of methoxy groups -OCH3 is 1. The van der Waals surface area contributed by atoms with Gasteiger partial charge in [0.15, 0.2) is 0 Å². The molecule has 98 valence electrons. The van der Waals surface area contributed by atoms with Gasteiger partial charge in [-0.2, -0.15) is 0 Å². The Labute approximate surface area is 106 Å². The van der Waals surface area contributed by atoms with E-state index in [1.165, 1.54) is 7.11 Å². The standard InChI is InChI=1S/C13H17NO4/c1-3-14(9-12(15)18-2)8-10-4-6-11(7-5-10)13(16)17/h4-7H,3,8-9H2,1-2H3,(H,16,17). The normalized spacial score (nSPS) is 10.4. The van der Waals surface area contributed by atoms with Crippen LogP contribution in [0, 0.1) is 0 Å². The number of carbonyl (C=O) groups excluding carboxylic acids is 1. The lowest BCUT2D eigenvalue weighted by atomic mass is 10.1. The summed E-state index contributed by atoms with van der Waals surface area (Å²) in [5.41, 5.74) is 1.22. The molecular weight excluding hydrogens is 234 g/mol. The van der Waals surface area contributed by atoms with Crippen LogP contribution in [0.15, 0.2) is 24.3 Å². The van der Waals surface area contributed by atoms with Crippen molar-refractivity contribution in [3.63, 3.8) is 0 Å². The van der Waals surface area contributed by atoms with Gasteiger partial charge < -0.3 is 9.84 Å². The molecular formula is C13H17NO4. The van der Waals surface area contributed by atoms with Gasteiger partial charge in [0.2, 0.25) is 0 Å². The first-order chi connectivity index (χ1) is 8.56. The average Bonchev–Trinajstić information content (AvgIpc) is 2.38. The average molecular weight is 251 g/mol. The number of aromatic carboxylic acids is 1. The molecule has 0 radical (unpaired) electrons. The van der Waals surface area contributed by atoms with Gasteiger partial charge in [-0.15, -0.1) is 0 Å². The Hall–Kier alpha value is -1.88. The number of likely N-dealkylation sites (N-methyl/N-ethyl adjacent to an activating group) is 1. The fourth-order valence-electron chi connectivity index (χ4n) is 1.54. The van der Waals surface area contributed by atoms with Gasteiger partial charge in [0.1, 0.15) is 0 Å². The maximum absolute atomic E-state index is 11.2. The smallest absolute Gasteiger partial charge is 0.335 e. The second-order valence-corrected chi connectivity index (χ2v) is 3.88. The number of benzene rings is 1. The second kappa shape index (κ2) is 6.76. The van der Waals surface area contributed by atoms with E-state index >= 15 is 0 Å². The summed E-state index contributed by atoms with van der Waals surface area (Å²) in [6.45, 7) is 3.49. The second-order valence-electron chi connectivity index (χ2n) is 3.88. The molecule has 0 atom stereocenters. The lowest BCUT2D eigenvalue weighted by molar-refractivity contribution is -0.142. The summed E-state index contributed by atoms with van der Waals surface area (Å²) in [7, 11) is 1.36.